The maximum absolute atomic E-state index is 6.15. The first-order valence-electron chi connectivity index (χ1n) is 5.64. The molecule has 0 amide bonds. The van der Waals surface area contributed by atoms with Crippen LogP contribution in [0, 0.1) is 0 Å². The van der Waals surface area contributed by atoms with Crippen molar-refractivity contribution in [2.75, 3.05) is 5.73 Å². The number of pyridine rings is 1. The van der Waals surface area contributed by atoms with E-state index in [1.54, 1.807) is 28.4 Å². The molecule has 0 aromatic carbocycles. The molecule has 0 unspecified atom stereocenters. The molecule has 96 valence electrons. The Bertz CT molecular complexity index is 718. The third-order valence-electron chi connectivity index (χ3n) is 2.90. The monoisotopic (exact) mass is 334 g/mol. The van der Waals surface area contributed by atoms with E-state index in [9.17, 15) is 0 Å². The lowest BCUT2D eigenvalue weighted by Gasteiger charge is -2.02. The van der Waals surface area contributed by atoms with Crippen molar-refractivity contribution in [2.45, 2.75) is 0 Å². The SMILES string of the molecule is Cn1nc(-c2csc(Br)c2)c(-c2ccncc2)c1N. The Labute approximate surface area is 123 Å². The van der Waals surface area contributed by atoms with Crippen LogP contribution >= 0.6 is 27.3 Å². The van der Waals surface area contributed by atoms with Crippen molar-refractivity contribution >= 4 is 33.1 Å². The second kappa shape index (κ2) is 4.79. The van der Waals surface area contributed by atoms with Gasteiger partial charge in [0.05, 0.1) is 9.35 Å². The molecule has 0 atom stereocenters. The molecule has 0 saturated carbocycles. The van der Waals surface area contributed by atoms with E-state index < -0.39 is 0 Å². The number of halogens is 1. The second-order valence-corrected chi connectivity index (χ2v) is 6.40. The standard InChI is InChI=1S/C13H11BrN4S/c1-18-13(15)11(8-2-4-16-5-3-8)12(17-18)9-6-10(14)19-7-9/h2-7H,15H2,1H3. The average molecular weight is 335 g/mol. The van der Waals surface area contributed by atoms with Crippen molar-refractivity contribution in [2.24, 2.45) is 7.05 Å². The highest BCUT2D eigenvalue weighted by Crippen LogP contribution is 2.38. The third-order valence-corrected chi connectivity index (χ3v) is 4.41. The van der Waals surface area contributed by atoms with Gasteiger partial charge >= 0.3 is 0 Å². The molecular formula is C13H11BrN4S. The Morgan fingerprint density at radius 3 is 2.63 bits per heavy atom. The van der Waals surface area contributed by atoms with Gasteiger partial charge in [-0.1, -0.05) is 0 Å². The largest absolute Gasteiger partial charge is 0.383 e. The summed E-state index contributed by atoms with van der Waals surface area (Å²) in [5.41, 5.74) is 10.1. The van der Waals surface area contributed by atoms with Gasteiger partial charge in [-0.25, -0.2) is 0 Å². The minimum atomic E-state index is 0.656. The molecule has 0 fully saturated rings. The predicted octanol–water partition coefficient (Wildman–Crippen LogP) is 3.56. The number of hydrogen-bond acceptors (Lipinski definition) is 4. The predicted molar refractivity (Wildman–Crippen MR) is 81.9 cm³/mol. The number of nitrogens with two attached hydrogens (primary N) is 1. The molecule has 0 aliphatic heterocycles. The zero-order valence-corrected chi connectivity index (χ0v) is 12.6. The quantitative estimate of drug-likeness (QED) is 0.779. The van der Waals surface area contributed by atoms with Gasteiger partial charge in [-0.15, -0.1) is 11.3 Å². The highest BCUT2D eigenvalue weighted by atomic mass is 79.9. The molecule has 0 spiro atoms. The molecule has 3 aromatic heterocycles. The molecule has 3 rings (SSSR count). The summed E-state index contributed by atoms with van der Waals surface area (Å²) in [5, 5.41) is 6.59. The number of thiophene rings is 1. The smallest absolute Gasteiger partial charge is 0.129 e. The Kier molecular flexibility index (Phi) is 3.12. The molecule has 3 heterocycles. The molecule has 0 aliphatic rings. The van der Waals surface area contributed by atoms with Gasteiger partial charge in [-0.3, -0.25) is 9.67 Å². The lowest BCUT2D eigenvalue weighted by molar-refractivity contribution is 0.782. The summed E-state index contributed by atoms with van der Waals surface area (Å²) in [6.45, 7) is 0. The van der Waals surface area contributed by atoms with E-state index in [1.807, 2.05) is 19.2 Å². The number of nitrogen functional groups attached to an aromatic ring is 1. The van der Waals surface area contributed by atoms with Crippen LogP contribution in [-0.4, -0.2) is 14.8 Å². The Hall–Kier alpha value is -1.66. The first-order chi connectivity index (χ1) is 9.16. The van der Waals surface area contributed by atoms with Crippen molar-refractivity contribution in [3.05, 3.63) is 39.8 Å². The van der Waals surface area contributed by atoms with Crippen molar-refractivity contribution in [3.63, 3.8) is 0 Å². The molecule has 0 aliphatic carbocycles. The number of hydrogen-bond donors (Lipinski definition) is 1. The maximum Gasteiger partial charge on any atom is 0.129 e. The van der Waals surface area contributed by atoms with E-state index >= 15 is 0 Å². The summed E-state index contributed by atoms with van der Waals surface area (Å²) < 4.78 is 2.78. The Balaban J connectivity index is 2.24. The van der Waals surface area contributed by atoms with E-state index in [1.165, 1.54) is 0 Å². The maximum atomic E-state index is 6.15. The van der Waals surface area contributed by atoms with Gasteiger partial charge in [0.2, 0.25) is 0 Å². The average Bonchev–Trinajstić information content (AvgIpc) is 2.96. The van der Waals surface area contributed by atoms with Crippen molar-refractivity contribution in [1.82, 2.24) is 14.8 Å². The van der Waals surface area contributed by atoms with Crippen molar-refractivity contribution in [3.8, 4) is 22.4 Å². The van der Waals surface area contributed by atoms with Gasteiger partial charge in [0.25, 0.3) is 0 Å². The summed E-state index contributed by atoms with van der Waals surface area (Å²) >= 11 is 5.11. The fourth-order valence-corrected chi connectivity index (χ4v) is 3.12. The van der Waals surface area contributed by atoms with E-state index in [-0.39, 0.29) is 0 Å². The number of anilines is 1. The fourth-order valence-electron chi connectivity index (χ4n) is 1.98. The van der Waals surface area contributed by atoms with Crippen molar-refractivity contribution < 1.29 is 0 Å². The molecule has 0 saturated heterocycles. The van der Waals surface area contributed by atoms with Crippen LogP contribution < -0.4 is 5.73 Å². The minimum absolute atomic E-state index is 0.656. The van der Waals surface area contributed by atoms with E-state index in [0.29, 0.717) is 5.82 Å². The molecule has 0 bridgehead atoms. The topological polar surface area (TPSA) is 56.7 Å². The van der Waals surface area contributed by atoms with Crippen LogP contribution in [0.5, 0.6) is 0 Å². The number of aromatic nitrogens is 3. The first kappa shape index (κ1) is 12.4. The van der Waals surface area contributed by atoms with Crippen LogP contribution in [0.15, 0.2) is 39.8 Å². The van der Waals surface area contributed by atoms with Gasteiger partial charge in [0, 0.05) is 30.4 Å². The highest BCUT2D eigenvalue weighted by molar-refractivity contribution is 9.11. The lowest BCUT2D eigenvalue weighted by Crippen LogP contribution is -1.97. The Morgan fingerprint density at radius 1 is 1.26 bits per heavy atom. The summed E-state index contributed by atoms with van der Waals surface area (Å²) in [7, 11) is 1.85. The Morgan fingerprint density at radius 2 is 2.00 bits per heavy atom. The van der Waals surface area contributed by atoms with Crippen LogP contribution in [0.4, 0.5) is 5.82 Å². The first-order valence-corrected chi connectivity index (χ1v) is 7.31. The number of aryl methyl sites for hydroxylation is 1. The number of nitrogens with zero attached hydrogens (tertiary/aromatic N) is 3. The molecule has 3 aromatic rings. The third kappa shape index (κ3) is 2.17. The van der Waals surface area contributed by atoms with Gasteiger partial charge < -0.3 is 5.73 Å². The van der Waals surface area contributed by atoms with Crippen molar-refractivity contribution in [1.29, 1.82) is 0 Å². The van der Waals surface area contributed by atoms with Crippen LogP contribution in [0.3, 0.4) is 0 Å². The molecule has 2 N–H and O–H groups in total. The second-order valence-electron chi connectivity index (χ2n) is 4.11. The highest BCUT2D eigenvalue weighted by Gasteiger charge is 2.18. The summed E-state index contributed by atoms with van der Waals surface area (Å²) in [4.78, 5) is 4.04. The van der Waals surface area contributed by atoms with Gasteiger partial charge in [-0.2, -0.15) is 5.10 Å². The fraction of sp³-hybridized carbons (Fsp3) is 0.0769. The summed E-state index contributed by atoms with van der Waals surface area (Å²) in [6.07, 6.45) is 3.52. The van der Waals surface area contributed by atoms with E-state index in [2.05, 4.69) is 37.5 Å². The van der Waals surface area contributed by atoms with E-state index in [0.717, 1.165) is 26.2 Å². The van der Waals surface area contributed by atoms with E-state index in [4.69, 9.17) is 5.73 Å². The number of rotatable bonds is 2. The zero-order chi connectivity index (χ0) is 13.4. The van der Waals surface area contributed by atoms with Gasteiger partial charge in [-0.05, 0) is 39.7 Å². The van der Waals surface area contributed by atoms with Gasteiger partial charge in [0.1, 0.15) is 11.5 Å². The lowest BCUT2D eigenvalue weighted by atomic mass is 10.0. The summed E-state index contributed by atoms with van der Waals surface area (Å²) in [5.74, 6) is 0.656. The summed E-state index contributed by atoms with van der Waals surface area (Å²) in [6, 6.07) is 5.94. The van der Waals surface area contributed by atoms with Crippen LogP contribution in [0.2, 0.25) is 0 Å². The minimum Gasteiger partial charge on any atom is -0.383 e. The molecule has 0 radical (unpaired) electrons. The molecule has 4 nitrogen and oxygen atoms in total. The van der Waals surface area contributed by atoms with Crippen LogP contribution in [-0.2, 0) is 7.05 Å². The zero-order valence-electron chi connectivity index (χ0n) is 10.2. The normalized spacial score (nSPS) is 10.8. The molecule has 6 heteroatoms. The molecule has 19 heavy (non-hydrogen) atoms. The van der Waals surface area contributed by atoms with Crippen LogP contribution in [0.25, 0.3) is 22.4 Å². The van der Waals surface area contributed by atoms with Gasteiger partial charge in [0.15, 0.2) is 0 Å². The molecular weight excluding hydrogens is 324 g/mol. The van der Waals surface area contributed by atoms with Crippen LogP contribution in [0.1, 0.15) is 0 Å².